The average Bonchev–Trinajstić information content (AvgIpc) is 3.53. The molecule has 0 saturated carbocycles. The van der Waals surface area contributed by atoms with Crippen LogP contribution in [0.5, 0.6) is 0 Å². The van der Waals surface area contributed by atoms with Gasteiger partial charge >= 0.3 is 24.0 Å². The van der Waals surface area contributed by atoms with Crippen molar-refractivity contribution in [2.24, 2.45) is 28.3 Å². The lowest BCUT2D eigenvalue weighted by Gasteiger charge is -2.28. The van der Waals surface area contributed by atoms with Crippen molar-refractivity contribution in [2.45, 2.75) is 103 Å². The SMILES string of the molecule is C=C(C)CC(N)(C(=O)OC)c1ccccc1.COC(=O)C(N)(CC(C)C)c1ccccc1.COC(=O)c1cccc(CN2C(=O)C(CC(C)C)(c3ccccc3)N=C2NC(=O)OC(C)(C)C)c1. The molecule has 4 aromatic carbocycles. The number of methoxy groups -OCH3 is 3. The summed E-state index contributed by atoms with van der Waals surface area (Å²) in [5, 5.41) is 2.68. The highest BCUT2D eigenvalue weighted by atomic mass is 16.6. The molecule has 2 amide bonds. The van der Waals surface area contributed by atoms with E-state index in [-0.39, 0.29) is 30.3 Å². The molecule has 1 aliphatic heterocycles. The molecule has 1 heterocycles. The Bertz CT molecular complexity index is 2330. The topological polar surface area (TPSA) is 202 Å². The average molecular weight is 920 g/mol. The number of hydrogen-bond acceptors (Lipinski definition) is 12. The predicted octanol–water partition coefficient (Wildman–Crippen LogP) is 8.68. The lowest BCUT2D eigenvalue weighted by molar-refractivity contribution is -0.148. The predicted molar refractivity (Wildman–Crippen MR) is 260 cm³/mol. The van der Waals surface area contributed by atoms with E-state index in [1.165, 1.54) is 26.2 Å². The van der Waals surface area contributed by atoms with Crippen LogP contribution in [0.25, 0.3) is 0 Å². The molecule has 5 rings (SSSR count). The van der Waals surface area contributed by atoms with E-state index in [1.54, 1.807) is 45.0 Å². The molecule has 14 heteroatoms. The van der Waals surface area contributed by atoms with Crippen molar-refractivity contribution in [3.05, 3.63) is 155 Å². The maximum absolute atomic E-state index is 14.0. The Kier molecular flexibility index (Phi) is 19.8. The quantitative estimate of drug-likeness (QED) is 0.0621. The fourth-order valence-corrected chi connectivity index (χ4v) is 7.65. The van der Waals surface area contributed by atoms with Gasteiger partial charge in [0.1, 0.15) is 16.7 Å². The zero-order chi connectivity index (χ0) is 50.2. The molecule has 0 fully saturated rings. The van der Waals surface area contributed by atoms with Crippen molar-refractivity contribution < 1.29 is 42.9 Å². The number of alkyl carbamates (subject to hydrolysis) is 1. The number of amides is 2. The molecule has 1 aliphatic rings. The fraction of sp³-hybridized carbons (Fsp3) is 0.396. The molecule has 0 aromatic heterocycles. The number of esters is 3. The highest BCUT2D eigenvalue weighted by molar-refractivity contribution is 6.11. The van der Waals surface area contributed by atoms with Crippen molar-refractivity contribution in [3.63, 3.8) is 0 Å². The first kappa shape index (κ1) is 54.7. The summed E-state index contributed by atoms with van der Waals surface area (Å²) in [5.41, 5.74) is 12.4. The highest BCUT2D eigenvalue weighted by Gasteiger charge is 2.50. The van der Waals surface area contributed by atoms with Gasteiger partial charge in [-0.05, 0) is 86.8 Å². The minimum absolute atomic E-state index is 0.102. The van der Waals surface area contributed by atoms with E-state index in [2.05, 4.69) is 11.9 Å². The number of ether oxygens (including phenoxy) is 4. The molecule has 0 bridgehead atoms. The smallest absolute Gasteiger partial charge is 0.414 e. The van der Waals surface area contributed by atoms with Gasteiger partial charge in [0.2, 0.25) is 5.96 Å². The molecular formula is C53H69N5O9. The standard InChI is InChI=1S/C27H33N3O5.C13H19NO2.C13H17NO2/c1-18(2)16-27(21-13-8-7-9-14-21)23(32)30(24(29-27)28-25(33)35-26(3,4)5)17-19-11-10-12-20(15-19)22(31)34-6;2*1-10(2)9-13(14,12(15)16-3)11-7-5-4-6-8-11/h7-15,18H,16-17H2,1-6H3,(H,28,29,33);4-8,10H,9,14H2,1-3H3;4-8H,1,9,14H2,2-3H3. The molecule has 5 N–H and O–H groups in total. The Balaban J connectivity index is 0.000000308. The second kappa shape index (κ2) is 24.2. The summed E-state index contributed by atoms with van der Waals surface area (Å²) in [6.07, 6.45) is 0.701. The van der Waals surface area contributed by atoms with Gasteiger partial charge in [0, 0.05) is 6.42 Å². The zero-order valence-corrected chi connectivity index (χ0v) is 40.9. The monoisotopic (exact) mass is 920 g/mol. The van der Waals surface area contributed by atoms with Gasteiger partial charge in [0.25, 0.3) is 5.91 Å². The Morgan fingerprint density at radius 3 is 1.70 bits per heavy atom. The van der Waals surface area contributed by atoms with Crippen molar-refractivity contribution >= 4 is 35.9 Å². The van der Waals surface area contributed by atoms with Gasteiger partial charge in [-0.3, -0.25) is 15.0 Å². The normalized spacial score (nSPS) is 16.1. The molecule has 14 nitrogen and oxygen atoms in total. The number of carbonyl (C=O) groups excluding carboxylic acids is 5. The number of guanidine groups is 1. The number of nitrogens with two attached hydrogens (primary N) is 2. The van der Waals surface area contributed by atoms with Crippen LogP contribution in [-0.4, -0.2) is 67.7 Å². The van der Waals surface area contributed by atoms with Crippen LogP contribution < -0.4 is 16.8 Å². The van der Waals surface area contributed by atoms with E-state index >= 15 is 0 Å². The summed E-state index contributed by atoms with van der Waals surface area (Å²) in [5.74, 6) is -0.977. The van der Waals surface area contributed by atoms with Gasteiger partial charge in [0.05, 0.1) is 33.4 Å². The molecule has 0 radical (unpaired) electrons. The van der Waals surface area contributed by atoms with Crippen LogP contribution in [0.3, 0.4) is 0 Å². The molecule has 0 aliphatic carbocycles. The second-order valence-corrected chi connectivity index (χ2v) is 18.4. The minimum Gasteiger partial charge on any atom is -0.467 e. The van der Waals surface area contributed by atoms with Crippen molar-refractivity contribution in [2.75, 3.05) is 21.3 Å². The van der Waals surface area contributed by atoms with Crippen LogP contribution >= 0.6 is 0 Å². The van der Waals surface area contributed by atoms with E-state index in [1.807, 2.05) is 126 Å². The van der Waals surface area contributed by atoms with Gasteiger partial charge in [-0.1, -0.05) is 136 Å². The summed E-state index contributed by atoms with van der Waals surface area (Å²) >= 11 is 0. The first-order valence-electron chi connectivity index (χ1n) is 22.1. The summed E-state index contributed by atoms with van der Waals surface area (Å²) in [6, 6.07) is 34.8. The van der Waals surface area contributed by atoms with Gasteiger partial charge in [-0.2, -0.15) is 0 Å². The number of hydrogen-bond donors (Lipinski definition) is 3. The molecule has 360 valence electrons. The Hall–Kier alpha value is -6.64. The number of benzene rings is 4. The first-order valence-corrected chi connectivity index (χ1v) is 22.1. The van der Waals surface area contributed by atoms with Crippen LogP contribution in [0.2, 0.25) is 0 Å². The number of rotatable bonds is 14. The first-order chi connectivity index (χ1) is 31.5. The molecule has 3 atom stereocenters. The number of nitrogens with zero attached hydrogens (tertiary/aromatic N) is 2. The maximum atomic E-state index is 14.0. The summed E-state index contributed by atoms with van der Waals surface area (Å²) in [6.45, 7) is 19.1. The van der Waals surface area contributed by atoms with Crippen LogP contribution in [-0.2, 0) is 56.5 Å². The van der Waals surface area contributed by atoms with Crippen LogP contribution in [0.1, 0.15) is 107 Å². The van der Waals surface area contributed by atoms with E-state index in [9.17, 15) is 24.0 Å². The van der Waals surface area contributed by atoms with Crippen molar-refractivity contribution in [1.82, 2.24) is 10.2 Å². The van der Waals surface area contributed by atoms with E-state index in [0.717, 1.165) is 22.3 Å². The number of nitrogens with one attached hydrogen (secondary N) is 1. The molecular weight excluding hydrogens is 851 g/mol. The van der Waals surface area contributed by atoms with Crippen molar-refractivity contribution in [3.8, 4) is 0 Å². The van der Waals surface area contributed by atoms with Crippen LogP contribution in [0, 0.1) is 11.8 Å². The third kappa shape index (κ3) is 14.9. The van der Waals surface area contributed by atoms with E-state index < -0.39 is 40.2 Å². The van der Waals surface area contributed by atoms with Gasteiger partial charge in [-0.25, -0.2) is 24.2 Å². The van der Waals surface area contributed by atoms with Crippen LogP contribution in [0.4, 0.5) is 4.79 Å². The van der Waals surface area contributed by atoms with Crippen LogP contribution in [0.15, 0.2) is 132 Å². The second-order valence-electron chi connectivity index (χ2n) is 18.4. The minimum atomic E-state index is -1.19. The molecule has 4 aromatic rings. The summed E-state index contributed by atoms with van der Waals surface area (Å²) in [4.78, 5) is 68.6. The third-order valence-electron chi connectivity index (χ3n) is 10.4. The highest BCUT2D eigenvalue weighted by Crippen LogP contribution is 2.40. The summed E-state index contributed by atoms with van der Waals surface area (Å²) in [7, 11) is 4.02. The van der Waals surface area contributed by atoms with Gasteiger partial charge in [0.15, 0.2) is 5.54 Å². The Labute approximate surface area is 396 Å². The third-order valence-corrected chi connectivity index (χ3v) is 10.4. The molecule has 3 unspecified atom stereocenters. The fourth-order valence-electron chi connectivity index (χ4n) is 7.65. The maximum Gasteiger partial charge on any atom is 0.414 e. The number of aliphatic imine (C=N–C) groups is 1. The molecule has 0 saturated heterocycles. The lowest BCUT2D eigenvalue weighted by Crippen LogP contribution is -2.47. The molecule has 67 heavy (non-hydrogen) atoms. The number of carbonyl (C=O) groups is 5. The lowest BCUT2D eigenvalue weighted by atomic mass is 9.82. The Morgan fingerprint density at radius 2 is 1.24 bits per heavy atom. The Morgan fingerprint density at radius 1 is 0.731 bits per heavy atom. The summed E-state index contributed by atoms with van der Waals surface area (Å²) < 4.78 is 19.8. The van der Waals surface area contributed by atoms with Gasteiger partial charge in [-0.15, -0.1) is 6.58 Å². The van der Waals surface area contributed by atoms with Crippen molar-refractivity contribution in [1.29, 1.82) is 0 Å². The van der Waals surface area contributed by atoms with E-state index in [0.29, 0.717) is 36.3 Å². The van der Waals surface area contributed by atoms with Gasteiger partial charge < -0.3 is 30.4 Å². The van der Waals surface area contributed by atoms with E-state index in [4.69, 9.17) is 35.4 Å². The largest absolute Gasteiger partial charge is 0.467 e. The zero-order valence-electron chi connectivity index (χ0n) is 40.9. The molecule has 0 spiro atoms.